The lowest BCUT2D eigenvalue weighted by Crippen LogP contribution is -2.22. The fraction of sp³-hybridized carbons (Fsp3) is 0.462. The second-order valence-electron chi connectivity index (χ2n) is 4.97. The first-order valence-electron chi connectivity index (χ1n) is 6.69. The molecule has 3 rings (SSSR count). The first-order chi connectivity index (χ1) is 10.5. The molecule has 0 N–H and O–H groups in total. The number of aromatic nitrogens is 3. The zero-order valence-corrected chi connectivity index (χ0v) is 12.3. The molecule has 0 aromatic carbocycles. The summed E-state index contributed by atoms with van der Waals surface area (Å²) < 4.78 is 43.2. The second-order valence-corrected chi connectivity index (χ2v) is 5.81. The van der Waals surface area contributed by atoms with Crippen LogP contribution in [-0.4, -0.2) is 34.6 Å². The number of ether oxygens (including phenoxy) is 1. The van der Waals surface area contributed by atoms with Gasteiger partial charge in [-0.15, -0.1) is 11.3 Å². The Balaban J connectivity index is 1.55. The molecule has 5 nitrogen and oxygen atoms in total. The van der Waals surface area contributed by atoms with Gasteiger partial charge < -0.3 is 9.64 Å². The molecule has 9 heteroatoms. The van der Waals surface area contributed by atoms with Crippen LogP contribution in [0.1, 0.15) is 12.1 Å². The number of rotatable bonds is 4. The number of nitrogens with zero attached hydrogens (tertiary/aromatic N) is 4. The number of anilines is 1. The minimum atomic E-state index is -4.39. The molecule has 1 saturated heterocycles. The van der Waals surface area contributed by atoms with Crippen LogP contribution in [0.4, 0.5) is 18.3 Å². The van der Waals surface area contributed by atoms with Gasteiger partial charge in [0.05, 0.1) is 12.8 Å². The summed E-state index contributed by atoms with van der Waals surface area (Å²) in [5, 5.41) is 1.47. The van der Waals surface area contributed by atoms with Gasteiger partial charge >= 0.3 is 6.18 Å². The van der Waals surface area contributed by atoms with Crippen molar-refractivity contribution in [3.63, 3.8) is 0 Å². The molecular weight excluding hydrogens is 317 g/mol. The summed E-state index contributed by atoms with van der Waals surface area (Å²) >= 11 is 1.02. The van der Waals surface area contributed by atoms with Crippen molar-refractivity contribution >= 4 is 16.5 Å². The zero-order valence-electron chi connectivity index (χ0n) is 11.5. The quantitative estimate of drug-likeness (QED) is 0.863. The molecular formula is C13H13F3N4OS. The van der Waals surface area contributed by atoms with Gasteiger partial charge in [0, 0.05) is 36.8 Å². The Morgan fingerprint density at radius 2 is 2.23 bits per heavy atom. The van der Waals surface area contributed by atoms with E-state index in [-0.39, 0.29) is 5.92 Å². The van der Waals surface area contributed by atoms with E-state index in [0.717, 1.165) is 23.1 Å². The van der Waals surface area contributed by atoms with Gasteiger partial charge in [0.15, 0.2) is 10.8 Å². The first-order valence-corrected chi connectivity index (χ1v) is 7.57. The summed E-state index contributed by atoms with van der Waals surface area (Å²) in [5.41, 5.74) is -0.827. The van der Waals surface area contributed by atoms with Crippen LogP contribution in [0.5, 0.6) is 5.88 Å². The lowest BCUT2D eigenvalue weighted by molar-refractivity contribution is -0.140. The molecule has 118 valence electrons. The maximum Gasteiger partial charge on any atom is 0.434 e. The maximum absolute atomic E-state index is 12.6. The summed E-state index contributed by atoms with van der Waals surface area (Å²) in [4.78, 5) is 13.5. The highest BCUT2D eigenvalue weighted by atomic mass is 32.1. The van der Waals surface area contributed by atoms with E-state index in [4.69, 9.17) is 4.74 Å². The Labute approximate surface area is 128 Å². The van der Waals surface area contributed by atoms with Crippen LogP contribution in [0.25, 0.3) is 0 Å². The number of halogens is 3. The van der Waals surface area contributed by atoms with Crippen molar-refractivity contribution < 1.29 is 17.9 Å². The first kappa shape index (κ1) is 15.0. The molecule has 1 aliphatic heterocycles. The van der Waals surface area contributed by atoms with E-state index in [1.54, 1.807) is 12.4 Å². The standard InChI is InChI=1S/C13H13F3N4OS/c14-13(15,16)10-8-22-12(19-10)20-4-1-9(6-20)7-21-11-5-17-2-3-18-11/h2-3,5,8-9H,1,4,6-7H2. The van der Waals surface area contributed by atoms with E-state index in [1.165, 1.54) is 6.20 Å². The molecule has 3 heterocycles. The molecule has 0 aliphatic carbocycles. The Morgan fingerprint density at radius 1 is 1.36 bits per heavy atom. The molecule has 2 aromatic heterocycles. The van der Waals surface area contributed by atoms with Crippen molar-refractivity contribution in [3.8, 4) is 5.88 Å². The van der Waals surface area contributed by atoms with Gasteiger partial charge in [-0.3, -0.25) is 4.98 Å². The number of hydrogen-bond acceptors (Lipinski definition) is 6. The van der Waals surface area contributed by atoms with Crippen molar-refractivity contribution in [2.75, 3.05) is 24.6 Å². The van der Waals surface area contributed by atoms with Crippen LogP contribution in [0.2, 0.25) is 0 Å². The van der Waals surface area contributed by atoms with Crippen LogP contribution in [0.3, 0.4) is 0 Å². The summed E-state index contributed by atoms with van der Waals surface area (Å²) in [5.74, 6) is 0.690. The van der Waals surface area contributed by atoms with E-state index in [9.17, 15) is 13.2 Å². The third-order valence-electron chi connectivity index (χ3n) is 3.35. The van der Waals surface area contributed by atoms with Crippen molar-refractivity contribution in [2.45, 2.75) is 12.6 Å². The molecule has 0 saturated carbocycles. The molecule has 22 heavy (non-hydrogen) atoms. The van der Waals surface area contributed by atoms with Crippen molar-refractivity contribution in [1.82, 2.24) is 15.0 Å². The van der Waals surface area contributed by atoms with Gasteiger partial charge in [0.1, 0.15) is 0 Å². The third kappa shape index (κ3) is 3.46. The smallest absolute Gasteiger partial charge is 0.434 e. The SMILES string of the molecule is FC(F)(F)c1csc(N2CCC(COc3cnccn3)C2)n1. The number of alkyl halides is 3. The van der Waals surface area contributed by atoms with E-state index < -0.39 is 11.9 Å². The Morgan fingerprint density at radius 3 is 2.91 bits per heavy atom. The second kappa shape index (κ2) is 6.07. The zero-order chi connectivity index (χ0) is 15.6. The molecule has 1 fully saturated rings. The molecule has 1 unspecified atom stereocenters. The van der Waals surface area contributed by atoms with Gasteiger partial charge in [0.2, 0.25) is 5.88 Å². The summed E-state index contributed by atoms with van der Waals surface area (Å²) in [6.07, 6.45) is 1.10. The Kier molecular flexibility index (Phi) is 4.14. The van der Waals surface area contributed by atoms with Gasteiger partial charge in [-0.05, 0) is 6.42 Å². The van der Waals surface area contributed by atoms with Gasteiger partial charge in [0.25, 0.3) is 0 Å². The fourth-order valence-electron chi connectivity index (χ4n) is 2.25. The minimum absolute atomic E-state index is 0.236. The van der Waals surface area contributed by atoms with E-state index in [1.807, 2.05) is 4.90 Å². The van der Waals surface area contributed by atoms with Gasteiger partial charge in [-0.1, -0.05) is 0 Å². The normalized spacial score (nSPS) is 18.7. The molecule has 0 bridgehead atoms. The van der Waals surface area contributed by atoms with Gasteiger partial charge in [-0.2, -0.15) is 13.2 Å². The van der Waals surface area contributed by atoms with E-state index >= 15 is 0 Å². The van der Waals surface area contributed by atoms with Crippen molar-refractivity contribution in [1.29, 1.82) is 0 Å². The molecule has 0 radical (unpaired) electrons. The molecule has 2 aromatic rings. The number of hydrogen-bond donors (Lipinski definition) is 0. The topological polar surface area (TPSA) is 51.1 Å². The highest BCUT2D eigenvalue weighted by molar-refractivity contribution is 7.13. The monoisotopic (exact) mass is 330 g/mol. The van der Waals surface area contributed by atoms with Crippen LogP contribution in [0, 0.1) is 5.92 Å². The van der Waals surface area contributed by atoms with Crippen LogP contribution in [-0.2, 0) is 6.18 Å². The van der Waals surface area contributed by atoms with E-state index in [2.05, 4.69) is 15.0 Å². The molecule has 0 amide bonds. The lowest BCUT2D eigenvalue weighted by atomic mass is 10.1. The maximum atomic E-state index is 12.6. The van der Waals surface area contributed by atoms with Crippen LogP contribution in [0.15, 0.2) is 24.0 Å². The molecule has 1 atom stereocenters. The lowest BCUT2D eigenvalue weighted by Gasteiger charge is -2.15. The average Bonchev–Trinajstić information content (AvgIpc) is 3.14. The summed E-state index contributed by atoms with van der Waals surface area (Å²) in [7, 11) is 0. The highest BCUT2D eigenvalue weighted by Crippen LogP contribution is 2.34. The van der Waals surface area contributed by atoms with Crippen LogP contribution < -0.4 is 9.64 Å². The largest absolute Gasteiger partial charge is 0.476 e. The third-order valence-corrected chi connectivity index (χ3v) is 4.25. The Bertz CT molecular complexity index is 619. The predicted octanol–water partition coefficient (Wildman–Crippen LogP) is 2.86. The summed E-state index contributed by atoms with van der Waals surface area (Å²) in [6, 6.07) is 0. The Hall–Kier alpha value is -1.90. The van der Waals surface area contributed by atoms with Crippen molar-refractivity contribution in [3.05, 3.63) is 29.7 Å². The molecule has 0 spiro atoms. The van der Waals surface area contributed by atoms with Crippen LogP contribution >= 0.6 is 11.3 Å². The fourth-order valence-corrected chi connectivity index (χ4v) is 3.11. The summed E-state index contributed by atoms with van der Waals surface area (Å²) in [6.45, 7) is 1.77. The molecule has 1 aliphatic rings. The van der Waals surface area contributed by atoms with Crippen molar-refractivity contribution in [2.24, 2.45) is 5.92 Å². The average molecular weight is 330 g/mol. The minimum Gasteiger partial charge on any atom is -0.476 e. The van der Waals surface area contributed by atoms with Gasteiger partial charge in [-0.25, -0.2) is 9.97 Å². The highest BCUT2D eigenvalue weighted by Gasteiger charge is 2.35. The number of thiazole rings is 1. The predicted molar refractivity (Wildman–Crippen MR) is 75.0 cm³/mol. The van der Waals surface area contributed by atoms with E-state index in [0.29, 0.717) is 30.7 Å².